The van der Waals surface area contributed by atoms with E-state index in [2.05, 4.69) is 136 Å². The average Bonchev–Trinajstić information content (AvgIpc) is 3.19. The van der Waals surface area contributed by atoms with Gasteiger partial charge >= 0.3 is 0 Å². The number of hydrogen-bond donors (Lipinski definition) is 0. The van der Waals surface area contributed by atoms with Crippen LogP contribution in [0.2, 0.25) is 0 Å². The van der Waals surface area contributed by atoms with Crippen molar-refractivity contribution in [1.29, 1.82) is 0 Å². The van der Waals surface area contributed by atoms with Crippen LogP contribution in [0.15, 0.2) is 126 Å². The second-order valence-corrected chi connectivity index (χ2v) is 8.83. The van der Waals surface area contributed by atoms with Crippen LogP contribution in [0.1, 0.15) is 0 Å². The summed E-state index contributed by atoms with van der Waals surface area (Å²) in [4.78, 5) is 0. The van der Waals surface area contributed by atoms with Crippen LogP contribution in [0.3, 0.4) is 0 Å². The van der Waals surface area contributed by atoms with Crippen molar-refractivity contribution in [2.24, 2.45) is 0 Å². The van der Waals surface area contributed by atoms with Crippen LogP contribution in [0.4, 0.5) is 0 Å². The SMILES string of the molecule is Brc1ccccc1-c1ccc(-c2ccc3c4ccccc4n(-c4ccccc4)c3c2)cc1. The van der Waals surface area contributed by atoms with Crippen molar-refractivity contribution in [2.45, 2.75) is 0 Å². The molecule has 0 aliphatic rings. The second-order valence-electron chi connectivity index (χ2n) is 7.98. The Morgan fingerprint density at radius 1 is 0.469 bits per heavy atom. The van der Waals surface area contributed by atoms with E-state index in [4.69, 9.17) is 0 Å². The molecule has 5 aromatic carbocycles. The summed E-state index contributed by atoms with van der Waals surface area (Å²) in [6.07, 6.45) is 0. The van der Waals surface area contributed by atoms with Crippen molar-refractivity contribution in [2.75, 3.05) is 0 Å². The molecule has 0 saturated heterocycles. The van der Waals surface area contributed by atoms with Crippen molar-refractivity contribution >= 4 is 37.7 Å². The summed E-state index contributed by atoms with van der Waals surface area (Å²) in [5.41, 5.74) is 8.49. The van der Waals surface area contributed by atoms with Crippen LogP contribution in [0, 0.1) is 0 Å². The highest BCUT2D eigenvalue weighted by Gasteiger charge is 2.13. The van der Waals surface area contributed by atoms with E-state index < -0.39 is 0 Å². The zero-order valence-corrected chi connectivity index (χ0v) is 19.0. The Kier molecular flexibility index (Phi) is 4.66. The lowest BCUT2D eigenvalue weighted by molar-refractivity contribution is 1.18. The molecule has 32 heavy (non-hydrogen) atoms. The maximum Gasteiger partial charge on any atom is 0.0547 e. The zero-order chi connectivity index (χ0) is 21.5. The van der Waals surface area contributed by atoms with Gasteiger partial charge < -0.3 is 4.57 Å². The highest BCUT2D eigenvalue weighted by atomic mass is 79.9. The summed E-state index contributed by atoms with van der Waals surface area (Å²) >= 11 is 3.67. The third-order valence-corrected chi connectivity index (χ3v) is 6.78. The topological polar surface area (TPSA) is 4.93 Å². The minimum absolute atomic E-state index is 1.11. The molecule has 0 saturated carbocycles. The molecule has 0 fully saturated rings. The summed E-state index contributed by atoms with van der Waals surface area (Å²) in [5.74, 6) is 0. The van der Waals surface area contributed by atoms with Gasteiger partial charge in [-0.05, 0) is 52.6 Å². The van der Waals surface area contributed by atoms with Gasteiger partial charge in [0, 0.05) is 20.9 Å². The Balaban J connectivity index is 1.51. The molecular formula is C30H20BrN. The molecule has 0 spiro atoms. The van der Waals surface area contributed by atoms with Gasteiger partial charge in [0.2, 0.25) is 0 Å². The predicted molar refractivity (Wildman–Crippen MR) is 139 cm³/mol. The number of aromatic nitrogens is 1. The van der Waals surface area contributed by atoms with E-state index in [9.17, 15) is 0 Å². The Bertz CT molecular complexity index is 1560. The molecule has 0 radical (unpaired) electrons. The third-order valence-electron chi connectivity index (χ3n) is 6.09. The van der Waals surface area contributed by atoms with Gasteiger partial charge in [-0.3, -0.25) is 0 Å². The normalized spacial score (nSPS) is 11.3. The molecule has 2 heteroatoms. The highest BCUT2D eigenvalue weighted by molar-refractivity contribution is 9.10. The Morgan fingerprint density at radius 3 is 1.91 bits per heavy atom. The van der Waals surface area contributed by atoms with E-state index >= 15 is 0 Å². The van der Waals surface area contributed by atoms with E-state index in [1.165, 1.54) is 49.7 Å². The van der Waals surface area contributed by atoms with E-state index in [1.54, 1.807) is 0 Å². The first-order valence-electron chi connectivity index (χ1n) is 10.7. The van der Waals surface area contributed by atoms with Crippen molar-refractivity contribution < 1.29 is 0 Å². The lowest BCUT2D eigenvalue weighted by Gasteiger charge is -2.10. The Labute approximate surface area is 195 Å². The lowest BCUT2D eigenvalue weighted by Crippen LogP contribution is -1.93. The molecule has 0 bridgehead atoms. The molecule has 1 nitrogen and oxygen atoms in total. The van der Waals surface area contributed by atoms with Crippen LogP contribution in [-0.4, -0.2) is 4.57 Å². The molecule has 1 heterocycles. The molecular weight excluding hydrogens is 454 g/mol. The van der Waals surface area contributed by atoms with Crippen molar-refractivity contribution in [3.63, 3.8) is 0 Å². The minimum atomic E-state index is 1.11. The van der Waals surface area contributed by atoms with E-state index in [-0.39, 0.29) is 0 Å². The summed E-state index contributed by atoms with van der Waals surface area (Å²) in [7, 11) is 0. The van der Waals surface area contributed by atoms with E-state index in [0.29, 0.717) is 0 Å². The smallest absolute Gasteiger partial charge is 0.0547 e. The highest BCUT2D eigenvalue weighted by Crippen LogP contribution is 2.35. The number of fused-ring (bicyclic) bond motifs is 3. The molecule has 6 rings (SSSR count). The summed E-state index contributed by atoms with van der Waals surface area (Å²) in [5, 5.41) is 2.56. The number of rotatable bonds is 3. The van der Waals surface area contributed by atoms with Crippen molar-refractivity contribution in [3.8, 4) is 27.9 Å². The lowest BCUT2D eigenvalue weighted by atomic mass is 9.99. The van der Waals surface area contributed by atoms with Gasteiger partial charge in [-0.25, -0.2) is 0 Å². The molecule has 0 aliphatic carbocycles. The number of para-hydroxylation sites is 2. The standard InChI is InChI=1S/C30H20BrN/c31-28-12-6-4-10-25(28)22-16-14-21(15-17-22)23-18-19-27-26-11-5-7-13-29(26)32(30(27)20-23)24-8-2-1-3-9-24/h1-20H. The molecule has 1 aromatic heterocycles. The summed E-state index contributed by atoms with van der Waals surface area (Å²) in [6, 6.07) is 43.2. The van der Waals surface area contributed by atoms with Gasteiger partial charge in [-0.15, -0.1) is 0 Å². The van der Waals surface area contributed by atoms with Crippen molar-refractivity contribution in [3.05, 3.63) is 126 Å². The van der Waals surface area contributed by atoms with Gasteiger partial charge in [0.05, 0.1) is 11.0 Å². The van der Waals surface area contributed by atoms with Crippen molar-refractivity contribution in [1.82, 2.24) is 4.57 Å². The van der Waals surface area contributed by atoms with Crippen LogP contribution in [0.5, 0.6) is 0 Å². The summed E-state index contributed by atoms with van der Waals surface area (Å²) in [6.45, 7) is 0. The van der Waals surface area contributed by atoms with Gasteiger partial charge in [0.25, 0.3) is 0 Å². The van der Waals surface area contributed by atoms with Crippen LogP contribution >= 0.6 is 15.9 Å². The van der Waals surface area contributed by atoms with Gasteiger partial charge in [0.15, 0.2) is 0 Å². The zero-order valence-electron chi connectivity index (χ0n) is 17.4. The molecule has 0 N–H and O–H groups in total. The third kappa shape index (κ3) is 3.16. The van der Waals surface area contributed by atoms with Crippen LogP contribution in [-0.2, 0) is 0 Å². The Morgan fingerprint density at radius 2 is 1.09 bits per heavy atom. The first kappa shape index (κ1) is 19.1. The average molecular weight is 474 g/mol. The van der Waals surface area contributed by atoms with E-state index in [0.717, 1.165) is 4.47 Å². The molecule has 152 valence electrons. The first-order chi connectivity index (χ1) is 15.8. The first-order valence-corrected chi connectivity index (χ1v) is 11.5. The monoisotopic (exact) mass is 473 g/mol. The quantitative estimate of drug-likeness (QED) is 0.241. The predicted octanol–water partition coefficient (Wildman–Crippen LogP) is 8.88. The molecule has 6 aromatic rings. The largest absolute Gasteiger partial charge is 0.309 e. The molecule has 0 unspecified atom stereocenters. The fourth-order valence-electron chi connectivity index (χ4n) is 4.54. The van der Waals surface area contributed by atoms with E-state index in [1.807, 2.05) is 6.07 Å². The fourth-order valence-corrected chi connectivity index (χ4v) is 5.06. The molecule has 0 amide bonds. The van der Waals surface area contributed by atoms with Crippen LogP contribution in [0.25, 0.3) is 49.7 Å². The number of halogens is 1. The minimum Gasteiger partial charge on any atom is -0.309 e. The summed E-state index contributed by atoms with van der Waals surface area (Å²) < 4.78 is 3.48. The van der Waals surface area contributed by atoms with Crippen LogP contribution < -0.4 is 0 Å². The number of nitrogens with zero attached hydrogens (tertiary/aromatic N) is 1. The number of hydrogen-bond acceptors (Lipinski definition) is 0. The van der Waals surface area contributed by atoms with Gasteiger partial charge in [0.1, 0.15) is 0 Å². The maximum atomic E-state index is 3.67. The Hall–Kier alpha value is -3.62. The number of benzene rings is 5. The molecule has 0 aliphatic heterocycles. The fraction of sp³-hybridized carbons (Fsp3) is 0. The maximum absolute atomic E-state index is 3.67. The second kappa shape index (κ2) is 7.81. The molecule has 0 atom stereocenters. The van der Waals surface area contributed by atoms with Gasteiger partial charge in [-0.2, -0.15) is 0 Å². The van der Waals surface area contributed by atoms with Gasteiger partial charge in [-0.1, -0.05) is 107 Å².